The van der Waals surface area contributed by atoms with Crippen LogP contribution in [0, 0.1) is 6.92 Å². The van der Waals surface area contributed by atoms with Crippen LogP contribution in [0.15, 0.2) is 36.4 Å². The number of benzene rings is 2. The summed E-state index contributed by atoms with van der Waals surface area (Å²) in [7, 11) is 2.57. The molecule has 7 heteroatoms. The number of ether oxygens (including phenoxy) is 1. The minimum atomic E-state index is -0.657. The standard InChI is InChI=1S/C19H16N2O5/c1-10-12(19(25)26-3)9-13(15-14(10)17(23)21(2)18(15)24)20-16(22)11-7-5-4-6-8-11/h4-9H,1-3H3,(H,20,22). The van der Waals surface area contributed by atoms with Gasteiger partial charge in [0.1, 0.15) is 0 Å². The number of hydrogen-bond donors (Lipinski definition) is 1. The van der Waals surface area contributed by atoms with Gasteiger partial charge in [0.15, 0.2) is 0 Å². The number of nitrogens with zero attached hydrogens (tertiary/aromatic N) is 1. The fourth-order valence-corrected chi connectivity index (χ4v) is 2.90. The number of carbonyl (C=O) groups is 4. The molecule has 0 aromatic heterocycles. The summed E-state index contributed by atoms with van der Waals surface area (Å²) in [6.45, 7) is 1.57. The van der Waals surface area contributed by atoms with E-state index in [9.17, 15) is 19.2 Å². The Morgan fingerprint density at radius 3 is 2.27 bits per heavy atom. The fourth-order valence-electron chi connectivity index (χ4n) is 2.90. The third-order valence-corrected chi connectivity index (χ3v) is 4.31. The fraction of sp³-hybridized carbons (Fsp3) is 0.158. The molecule has 1 aliphatic heterocycles. The Kier molecular flexibility index (Phi) is 4.29. The lowest BCUT2D eigenvalue weighted by molar-refractivity contribution is 0.0599. The highest BCUT2D eigenvalue weighted by molar-refractivity contribution is 6.26. The van der Waals surface area contributed by atoms with Gasteiger partial charge in [0.2, 0.25) is 0 Å². The maximum atomic E-state index is 12.5. The summed E-state index contributed by atoms with van der Waals surface area (Å²) >= 11 is 0. The van der Waals surface area contributed by atoms with E-state index in [0.717, 1.165) is 4.90 Å². The van der Waals surface area contributed by atoms with E-state index in [1.165, 1.54) is 20.2 Å². The average Bonchev–Trinajstić information content (AvgIpc) is 2.88. The van der Waals surface area contributed by atoms with Crippen molar-refractivity contribution in [2.75, 3.05) is 19.5 Å². The molecule has 132 valence electrons. The molecule has 0 radical (unpaired) electrons. The number of esters is 1. The number of imide groups is 1. The highest BCUT2D eigenvalue weighted by Gasteiger charge is 2.38. The van der Waals surface area contributed by atoms with Gasteiger partial charge in [0.05, 0.1) is 29.5 Å². The second kappa shape index (κ2) is 6.44. The number of fused-ring (bicyclic) bond motifs is 1. The summed E-state index contributed by atoms with van der Waals surface area (Å²) in [5.41, 5.74) is 1.11. The number of anilines is 1. The molecule has 0 bridgehead atoms. The predicted molar refractivity (Wildman–Crippen MR) is 93.3 cm³/mol. The molecule has 26 heavy (non-hydrogen) atoms. The Bertz CT molecular complexity index is 950. The summed E-state index contributed by atoms with van der Waals surface area (Å²) in [5, 5.41) is 2.63. The van der Waals surface area contributed by atoms with Gasteiger partial charge in [0.25, 0.3) is 17.7 Å². The van der Waals surface area contributed by atoms with Crippen molar-refractivity contribution >= 4 is 29.4 Å². The first-order valence-electron chi connectivity index (χ1n) is 7.81. The van der Waals surface area contributed by atoms with Gasteiger partial charge >= 0.3 is 5.97 Å². The number of methoxy groups -OCH3 is 1. The van der Waals surface area contributed by atoms with Crippen LogP contribution in [0.3, 0.4) is 0 Å². The number of rotatable bonds is 3. The first kappa shape index (κ1) is 17.3. The summed E-state index contributed by atoms with van der Waals surface area (Å²) in [6, 6.07) is 9.78. The molecule has 3 rings (SSSR count). The van der Waals surface area contributed by atoms with E-state index in [2.05, 4.69) is 5.32 Å². The van der Waals surface area contributed by atoms with Crippen molar-refractivity contribution < 1.29 is 23.9 Å². The van der Waals surface area contributed by atoms with Crippen LogP contribution in [0.25, 0.3) is 0 Å². The van der Waals surface area contributed by atoms with Crippen LogP contribution in [0.2, 0.25) is 0 Å². The van der Waals surface area contributed by atoms with Crippen LogP contribution < -0.4 is 5.32 Å². The van der Waals surface area contributed by atoms with Crippen molar-refractivity contribution in [2.45, 2.75) is 6.92 Å². The number of nitrogens with one attached hydrogen (secondary N) is 1. The molecular weight excluding hydrogens is 336 g/mol. The molecule has 0 fully saturated rings. The van der Waals surface area contributed by atoms with Crippen LogP contribution in [0.5, 0.6) is 0 Å². The molecule has 0 saturated carbocycles. The number of carbonyl (C=O) groups excluding carboxylic acids is 4. The summed E-state index contributed by atoms with van der Waals surface area (Å²) in [5.74, 6) is -2.17. The SMILES string of the molecule is COC(=O)c1cc(NC(=O)c2ccccc2)c2c(c1C)C(=O)N(C)C2=O. The average molecular weight is 352 g/mol. The van der Waals surface area contributed by atoms with E-state index in [4.69, 9.17) is 4.74 Å². The van der Waals surface area contributed by atoms with Gasteiger partial charge in [-0.1, -0.05) is 18.2 Å². The lowest BCUT2D eigenvalue weighted by atomic mass is 9.96. The lowest BCUT2D eigenvalue weighted by Gasteiger charge is -2.13. The van der Waals surface area contributed by atoms with Gasteiger partial charge < -0.3 is 10.1 Å². The summed E-state index contributed by atoms with van der Waals surface area (Å²) < 4.78 is 4.75. The van der Waals surface area contributed by atoms with Crippen LogP contribution in [-0.4, -0.2) is 42.7 Å². The largest absolute Gasteiger partial charge is 0.465 e. The Labute approximate surface area is 149 Å². The maximum absolute atomic E-state index is 12.5. The Balaban J connectivity index is 2.16. The minimum Gasteiger partial charge on any atom is -0.465 e. The van der Waals surface area contributed by atoms with Crippen molar-refractivity contribution in [3.8, 4) is 0 Å². The van der Waals surface area contributed by atoms with Crippen LogP contribution in [0.4, 0.5) is 5.69 Å². The number of hydrogen-bond acceptors (Lipinski definition) is 5. The zero-order chi connectivity index (χ0) is 19.0. The van der Waals surface area contributed by atoms with Crippen LogP contribution >= 0.6 is 0 Å². The molecule has 0 aliphatic carbocycles. The lowest BCUT2D eigenvalue weighted by Crippen LogP contribution is -2.24. The second-order valence-corrected chi connectivity index (χ2v) is 5.83. The molecule has 0 unspecified atom stereocenters. The van der Waals surface area contributed by atoms with Gasteiger partial charge in [-0.05, 0) is 30.7 Å². The van der Waals surface area contributed by atoms with Gasteiger partial charge in [-0.15, -0.1) is 0 Å². The van der Waals surface area contributed by atoms with Crippen molar-refractivity contribution in [2.24, 2.45) is 0 Å². The van der Waals surface area contributed by atoms with Gasteiger partial charge in [-0.25, -0.2) is 4.79 Å². The maximum Gasteiger partial charge on any atom is 0.338 e. The van der Waals surface area contributed by atoms with Gasteiger partial charge in [-0.2, -0.15) is 0 Å². The molecule has 7 nitrogen and oxygen atoms in total. The molecule has 3 amide bonds. The smallest absolute Gasteiger partial charge is 0.338 e. The van der Waals surface area contributed by atoms with E-state index >= 15 is 0 Å². The first-order chi connectivity index (χ1) is 12.4. The molecule has 0 atom stereocenters. The molecule has 1 aliphatic rings. The molecule has 1 heterocycles. The minimum absolute atomic E-state index is 0.0759. The van der Waals surface area contributed by atoms with Crippen molar-refractivity contribution in [1.82, 2.24) is 4.90 Å². The summed E-state index contributed by atoms with van der Waals surface area (Å²) in [6.07, 6.45) is 0. The summed E-state index contributed by atoms with van der Waals surface area (Å²) in [4.78, 5) is 50.4. The van der Waals surface area contributed by atoms with E-state index in [1.807, 2.05) is 0 Å². The highest BCUT2D eigenvalue weighted by Crippen LogP contribution is 2.34. The molecular formula is C19H16N2O5. The van der Waals surface area contributed by atoms with E-state index < -0.39 is 23.7 Å². The monoisotopic (exact) mass is 352 g/mol. The normalized spacial score (nSPS) is 12.8. The van der Waals surface area contributed by atoms with E-state index in [0.29, 0.717) is 11.1 Å². The molecule has 2 aromatic carbocycles. The second-order valence-electron chi connectivity index (χ2n) is 5.83. The molecule has 2 aromatic rings. The van der Waals surface area contributed by atoms with Crippen LogP contribution in [0.1, 0.15) is 47.0 Å². The topological polar surface area (TPSA) is 92.8 Å². The first-order valence-corrected chi connectivity index (χ1v) is 7.81. The molecule has 0 spiro atoms. The van der Waals surface area contributed by atoms with Gasteiger partial charge in [0, 0.05) is 12.6 Å². The van der Waals surface area contributed by atoms with Crippen molar-refractivity contribution in [3.63, 3.8) is 0 Å². The Hall–Kier alpha value is -3.48. The van der Waals surface area contributed by atoms with Crippen molar-refractivity contribution in [3.05, 3.63) is 64.2 Å². The predicted octanol–water partition coefficient (Wildman–Crippen LogP) is 2.26. The molecule has 1 N–H and O–H groups in total. The van der Waals surface area contributed by atoms with Gasteiger partial charge in [-0.3, -0.25) is 19.3 Å². The van der Waals surface area contributed by atoms with Crippen LogP contribution in [-0.2, 0) is 4.74 Å². The quantitative estimate of drug-likeness (QED) is 0.676. The highest BCUT2D eigenvalue weighted by atomic mass is 16.5. The van der Waals surface area contributed by atoms with E-state index in [-0.39, 0.29) is 22.4 Å². The Morgan fingerprint density at radius 1 is 1.04 bits per heavy atom. The zero-order valence-corrected chi connectivity index (χ0v) is 14.5. The van der Waals surface area contributed by atoms with Crippen molar-refractivity contribution in [1.29, 1.82) is 0 Å². The third-order valence-electron chi connectivity index (χ3n) is 4.31. The van der Waals surface area contributed by atoms with E-state index in [1.54, 1.807) is 37.3 Å². The Morgan fingerprint density at radius 2 is 1.65 bits per heavy atom. The zero-order valence-electron chi connectivity index (χ0n) is 14.5. The number of amides is 3. The third kappa shape index (κ3) is 2.63. The molecule has 0 saturated heterocycles.